The van der Waals surface area contributed by atoms with Crippen molar-refractivity contribution in [2.45, 2.75) is 52.6 Å². The van der Waals surface area contributed by atoms with Crippen LogP contribution in [0, 0.1) is 11.2 Å². The molecule has 0 spiro atoms. The number of aromatic nitrogens is 2. The fourth-order valence-corrected chi connectivity index (χ4v) is 2.83. The lowest BCUT2D eigenvalue weighted by atomic mass is 9.82. The average Bonchev–Trinajstić information content (AvgIpc) is 3.00. The number of nitrogens with zero attached hydrogens (tertiary/aromatic N) is 2. The second-order valence-corrected chi connectivity index (χ2v) is 7.13. The molecule has 0 amide bonds. The Morgan fingerprint density at radius 2 is 1.87 bits per heavy atom. The Kier molecular flexibility index (Phi) is 6.34. The molecule has 0 aliphatic rings. The number of benzene rings is 1. The van der Waals surface area contributed by atoms with Crippen LogP contribution in [0.3, 0.4) is 0 Å². The lowest BCUT2D eigenvalue weighted by Crippen LogP contribution is -2.33. The van der Waals surface area contributed by atoms with Crippen molar-refractivity contribution in [2.24, 2.45) is 5.41 Å². The van der Waals surface area contributed by atoms with E-state index in [2.05, 4.69) is 31.2 Å². The molecular weight excluding hydrogens is 289 g/mol. The number of halogens is 1. The van der Waals surface area contributed by atoms with Crippen molar-refractivity contribution in [1.82, 2.24) is 15.1 Å². The van der Waals surface area contributed by atoms with E-state index in [1.54, 1.807) is 12.1 Å². The monoisotopic (exact) mass is 317 g/mol. The zero-order valence-corrected chi connectivity index (χ0v) is 14.4. The summed E-state index contributed by atoms with van der Waals surface area (Å²) in [6.45, 7) is 8.59. The molecule has 0 radical (unpaired) electrons. The smallest absolute Gasteiger partial charge is 0.123 e. The van der Waals surface area contributed by atoms with E-state index in [9.17, 15) is 4.39 Å². The Labute approximate surface area is 138 Å². The maximum Gasteiger partial charge on any atom is 0.123 e. The van der Waals surface area contributed by atoms with Crippen LogP contribution in [0.4, 0.5) is 4.39 Å². The van der Waals surface area contributed by atoms with E-state index in [1.165, 1.54) is 6.42 Å². The third-order valence-corrected chi connectivity index (χ3v) is 4.04. The molecule has 0 saturated carbocycles. The van der Waals surface area contributed by atoms with Gasteiger partial charge >= 0.3 is 0 Å². The summed E-state index contributed by atoms with van der Waals surface area (Å²) >= 11 is 0. The van der Waals surface area contributed by atoms with Crippen molar-refractivity contribution < 1.29 is 4.39 Å². The van der Waals surface area contributed by atoms with Crippen LogP contribution in [0.15, 0.2) is 42.7 Å². The quantitative estimate of drug-likeness (QED) is 0.723. The summed E-state index contributed by atoms with van der Waals surface area (Å²) in [6.07, 6.45) is 7.27. The minimum absolute atomic E-state index is 0.0902. The van der Waals surface area contributed by atoms with E-state index in [4.69, 9.17) is 0 Å². The SMILES string of the molecule is CC(C)(C)C(NCCCCCn1cccn1)c1ccc(F)cc1. The molecule has 0 fully saturated rings. The molecule has 4 heteroatoms. The van der Waals surface area contributed by atoms with E-state index in [0.29, 0.717) is 0 Å². The molecule has 1 unspecified atom stereocenters. The Morgan fingerprint density at radius 1 is 1.13 bits per heavy atom. The summed E-state index contributed by atoms with van der Waals surface area (Å²) in [7, 11) is 0. The van der Waals surface area contributed by atoms with E-state index >= 15 is 0 Å². The number of aryl methyl sites for hydroxylation is 1. The van der Waals surface area contributed by atoms with Gasteiger partial charge in [-0.1, -0.05) is 39.3 Å². The highest BCUT2D eigenvalue weighted by Crippen LogP contribution is 2.32. The second-order valence-electron chi connectivity index (χ2n) is 7.13. The van der Waals surface area contributed by atoms with Gasteiger partial charge in [0.05, 0.1) is 0 Å². The van der Waals surface area contributed by atoms with Crippen LogP contribution in [0.5, 0.6) is 0 Å². The van der Waals surface area contributed by atoms with E-state index in [1.807, 2.05) is 35.3 Å². The molecule has 2 aromatic rings. The maximum absolute atomic E-state index is 13.1. The molecule has 23 heavy (non-hydrogen) atoms. The molecule has 2 rings (SSSR count). The van der Waals surface area contributed by atoms with Crippen molar-refractivity contribution in [2.75, 3.05) is 6.54 Å². The predicted octanol–water partition coefficient (Wildman–Crippen LogP) is 4.57. The van der Waals surface area contributed by atoms with Gasteiger partial charge in [0.1, 0.15) is 5.82 Å². The van der Waals surface area contributed by atoms with E-state index < -0.39 is 0 Å². The summed E-state index contributed by atoms with van der Waals surface area (Å²) in [4.78, 5) is 0. The summed E-state index contributed by atoms with van der Waals surface area (Å²) < 4.78 is 15.1. The Morgan fingerprint density at radius 3 is 2.48 bits per heavy atom. The highest BCUT2D eigenvalue weighted by atomic mass is 19.1. The first kappa shape index (κ1) is 17.7. The van der Waals surface area contributed by atoms with Crippen molar-refractivity contribution in [3.8, 4) is 0 Å². The van der Waals surface area contributed by atoms with Crippen LogP contribution in [-0.4, -0.2) is 16.3 Å². The highest BCUT2D eigenvalue weighted by molar-refractivity contribution is 5.21. The number of unbranched alkanes of at least 4 members (excludes halogenated alkanes) is 2. The summed E-state index contributed by atoms with van der Waals surface area (Å²) in [5.41, 5.74) is 1.24. The third kappa shape index (κ3) is 5.79. The zero-order chi connectivity index (χ0) is 16.7. The van der Waals surface area contributed by atoms with Gasteiger partial charge in [-0.15, -0.1) is 0 Å². The minimum atomic E-state index is -0.181. The Balaban J connectivity index is 1.76. The topological polar surface area (TPSA) is 29.9 Å². The van der Waals surface area contributed by atoms with E-state index in [0.717, 1.165) is 31.5 Å². The van der Waals surface area contributed by atoms with Crippen molar-refractivity contribution >= 4 is 0 Å². The standard InChI is InChI=1S/C19H28FN3/c1-19(2,3)18(16-8-10-17(20)11-9-16)21-12-5-4-6-14-23-15-7-13-22-23/h7-11,13,15,18,21H,4-6,12,14H2,1-3H3. The molecule has 1 heterocycles. The highest BCUT2D eigenvalue weighted by Gasteiger charge is 2.25. The number of hydrogen-bond donors (Lipinski definition) is 1. The Hall–Kier alpha value is -1.68. The first-order valence-electron chi connectivity index (χ1n) is 8.43. The molecule has 0 aliphatic heterocycles. The van der Waals surface area contributed by atoms with Gasteiger partial charge in [0.25, 0.3) is 0 Å². The number of rotatable bonds is 8. The van der Waals surface area contributed by atoms with Crippen molar-refractivity contribution in [3.05, 3.63) is 54.1 Å². The Bertz CT molecular complexity index is 555. The zero-order valence-electron chi connectivity index (χ0n) is 14.4. The molecule has 3 nitrogen and oxygen atoms in total. The summed E-state index contributed by atoms with van der Waals surface area (Å²) in [5.74, 6) is -0.181. The van der Waals surface area contributed by atoms with Crippen molar-refractivity contribution in [3.63, 3.8) is 0 Å². The average molecular weight is 317 g/mol. The van der Waals surface area contributed by atoms with Crippen LogP contribution in [0.25, 0.3) is 0 Å². The molecule has 0 aliphatic carbocycles. The van der Waals surface area contributed by atoms with Crippen molar-refractivity contribution in [1.29, 1.82) is 0 Å². The molecule has 0 bridgehead atoms. The fourth-order valence-electron chi connectivity index (χ4n) is 2.83. The van der Waals surface area contributed by atoms with Gasteiger partial charge in [-0.25, -0.2) is 4.39 Å². The number of nitrogens with one attached hydrogen (secondary N) is 1. The van der Waals surface area contributed by atoms with Crippen LogP contribution < -0.4 is 5.32 Å². The summed E-state index contributed by atoms with van der Waals surface area (Å²) in [5, 5.41) is 7.86. The van der Waals surface area contributed by atoms with Gasteiger partial charge in [0, 0.05) is 25.0 Å². The van der Waals surface area contributed by atoms with Gasteiger partial charge in [-0.3, -0.25) is 4.68 Å². The van der Waals surface area contributed by atoms with Gasteiger partial charge in [0.2, 0.25) is 0 Å². The van der Waals surface area contributed by atoms with Gasteiger partial charge in [-0.05, 0) is 48.6 Å². The first-order chi connectivity index (χ1) is 11.0. The first-order valence-corrected chi connectivity index (χ1v) is 8.43. The largest absolute Gasteiger partial charge is 0.309 e. The lowest BCUT2D eigenvalue weighted by molar-refractivity contribution is 0.271. The van der Waals surface area contributed by atoms with Crippen LogP contribution >= 0.6 is 0 Å². The van der Waals surface area contributed by atoms with Crippen LogP contribution in [0.1, 0.15) is 51.6 Å². The van der Waals surface area contributed by atoms with Gasteiger partial charge in [0.15, 0.2) is 0 Å². The molecule has 0 saturated heterocycles. The van der Waals surface area contributed by atoms with E-state index in [-0.39, 0.29) is 17.3 Å². The van der Waals surface area contributed by atoms with Crippen LogP contribution in [-0.2, 0) is 6.54 Å². The minimum Gasteiger partial charge on any atom is -0.309 e. The molecule has 126 valence electrons. The predicted molar refractivity (Wildman–Crippen MR) is 92.7 cm³/mol. The fraction of sp³-hybridized carbons (Fsp3) is 0.526. The normalized spacial score (nSPS) is 13.2. The maximum atomic E-state index is 13.1. The molecular formula is C19H28FN3. The molecule has 1 aromatic heterocycles. The van der Waals surface area contributed by atoms with Gasteiger partial charge < -0.3 is 5.32 Å². The van der Waals surface area contributed by atoms with Gasteiger partial charge in [-0.2, -0.15) is 5.10 Å². The number of hydrogen-bond acceptors (Lipinski definition) is 2. The van der Waals surface area contributed by atoms with Crippen LogP contribution in [0.2, 0.25) is 0 Å². The second kappa shape index (κ2) is 8.25. The molecule has 1 aromatic carbocycles. The summed E-state index contributed by atoms with van der Waals surface area (Å²) in [6, 6.07) is 9.04. The lowest BCUT2D eigenvalue weighted by Gasteiger charge is -2.32. The molecule has 1 atom stereocenters. The molecule has 1 N–H and O–H groups in total. The third-order valence-electron chi connectivity index (χ3n) is 4.04.